The van der Waals surface area contributed by atoms with E-state index < -0.39 is 11.6 Å². The van der Waals surface area contributed by atoms with Crippen molar-refractivity contribution in [3.05, 3.63) is 53.6 Å². The molecule has 0 saturated heterocycles. The Morgan fingerprint density at radius 1 is 0.929 bits per heavy atom. The van der Waals surface area contributed by atoms with Gasteiger partial charge in [-0.3, -0.25) is 0 Å². The second-order valence-electron chi connectivity index (χ2n) is 8.39. The lowest BCUT2D eigenvalue weighted by Crippen LogP contribution is -2.14. The summed E-state index contributed by atoms with van der Waals surface area (Å²) in [5.41, 5.74) is 0.514. The van der Waals surface area contributed by atoms with Crippen molar-refractivity contribution in [1.82, 2.24) is 0 Å². The second kappa shape index (κ2) is 10.2. The summed E-state index contributed by atoms with van der Waals surface area (Å²) in [6.07, 6.45) is 18.6. The molecule has 0 bridgehead atoms. The fraction of sp³-hybridized carbons (Fsp3) is 0.600. The molecule has 28 heavy (non-hydrogen) atoms. The highest BCUT2D eigenvalue weighted by atomic mass is 19.2. The molecule has 1 saturated carbocycles. The average Bonchev–Trinajstić information content (AvgIpc) is 2.72. The van der Waals surface area contributed by atoms with Crippen LogP contribution in [-0.4, -0.2) is 6.61 Å². The molecule has 1 nitrogen and oxygen atoms in total. The molecule has 0 radical (unpaired) electrons. The normalized spacial score (nSPS) is 28.0. The number of halogens is 2. The van der Waals surface area contributed by atoms with Crippen LogP contribution < -0.4 is 4.74 Å². The SMILES string of the molecule is CCCC1C=CC(C=CC2CCC(c3ccc(OCC)c(F)c3F)CC2)CC1. The Morgan fingerprint density at radius 2 is 1.71 bits per heavy atom. The van der Waals surface area contributed by atoms with Crippen LogP contribution in [0.4, 0.5) is 8.78 Å². The zero-order valence-corrected chi connectivity index (χ0v) is 17.3. The van der Waals surface area contributed by atoms with Crippen molar-refractivity contribution in [1.29, 1.82) is 0 Å². The zero-order chi connectivity index (χ0) is 19.9. The Balaban J connectivity index is 1.52. The van der Waals surface area contributed by atoms with Gasteiger partial charge in [-0.15, -0.1) is 0 Å². The van der Waals surface area contributed by atoms with Gasteiger partial charge in [0.25, 0.3) is 0 Å². The van der Waals surface area contributed by atoms with Gasteiger partial charge in [-0.25, -0.2) is 4.39 Å². The summed E-state index contributed by atoms with van der Waals surface area (Å²) >= 11 is 0. The minimum atomic E-state index is -0.841. The lowest BCUT2D eigenvalue weighted by Gasteiger charge is -2.28. The zero-order valence-electron chi connectivity index (χ0n) is 17.3. The van der Waals surface area contributed by atoms with Crippen LogP contribution in [0.25, 0.3) is 0 Å². The van der Waals surface area contributed by atoms with Gasteiger partial charge in [-0.2, -0.15) is 4.39 Å². The topological polar surface area (TPSA) is 9.23 Å². The van der Waals surface area contributed by atoms with Crippen molar-refractivity contribution in [3.8, 4) is 5.75 Å². The molecular formula is C25H34F2O. The van der Waals surface area contributed by atoms with Gasteiger partial charge in [-0.05, 0) is 87.2 Å². The van der Waals surface area contributed by atoms with Crippen LogP contribution in [0.1, 0.15) is 76.7 Å². The van der Waals surface area contributed by atoms with Crippen molar-refractivity contribution in [2.24, 2.45) is 17.8 Å². The van der Waals surface area contributed by atoms with Crippen molar-refractivity contribution < 1.29 is 13.5 Å². The van der Waals surface area contributed by atoms with E-state index in [9.17, 15) is 8.78 Å². The Morgan fingerprint density at radius 3 is 2.36 bits per heavy atom. The molecule has 1 aromatic carbocycles. The van der Waals surface area contributed by atoms with E-state index in [-0.39, 0.29) is 11.7 Å². The third kappa shape index (κ3) is 5.24. The van der Waals surface area contributed by atoms with Crippen LogP contribution >= 0.6 is 0 Å². The van der Waals surface area contributed by atoms with Crippen LogP contribution in [0.5, 0.6) is 5.75 Å². The summed E-state index contributed by atoms with van der Waals surface area (Å²) < 4.78 is 33.8. The Kier molecular flexibility index (Phi) is 7.70. The molecule has 2 atom stereocenters. The first-order chi connectivity index (χ1) is 13.6. The molecule has 1 fully saturated rings. The summed E-state index contributed by atoms with van der Waals surface area (Å²) in [5.74, 6) is 0.471. The molecule has 154 valence electrons. The molecule has 0 aromatic heterocycles. The van der Waals surface area contributed by atoms with E-state index in [1.807, 2.05) is 0 Å². The maximum atomic E-state index is 14.5. The molecule has 2 aliphatic rings. The van der Waals surface area contributed by atoms with Gasteiger partial charge in [-0.1, -0.05) is 43.7 Å². The van der Waals surface area contributed by atoms with Crippen molar-refractivity contribution in [2.45, 2.75) is 71.1 Å². The van der Waals surface area contributed by atoms with E-state index in [1.165, 1.54) is 25.7 Å². The van der Waals surface area contributed by atoms with Gasteiger partial charge < -0.3 is 4.74 Å². The van der Waals surface area contributed by atoms with Crippen LogP contribution in [0.2, 0.25) is 0 Å². The van der Waals surface area contributed by atoms with E-state index >= 15 is 0 Å². The molecule has 2 unspecified atom stereocenters. The predicted octanol–water partition coefficient (Wildman–Crippen LogP) is 7.58. The van der Waals surface area contributed by atoms with Crippen LogP contribution in [0, 0.1) is 29.4 Å². The van der Waals surface area contributed by atoms with Gasteiger partial charge in [0.1, 0.15) is 0 Å². The highest BCUT2D eigenvalue weighted by Gasteiger charge is 2.26. The third-order valence-corrected chi connectivity index (χ3v) is 6.38. The van der Waals surface area contributed by atoms with Crippen LogP contribution in [0.3, 0.4) is 0 Å². The molecule has 0 aliphatic heterocycles. The summed E-state index contributed by atoms with van der Waals surface area (Å²) in [6.45, 7) is 4.36. The van der Waals surface area contributed by atoms with E-state index in [0.717, 1.165) is 31.6 Å². The lowest BCUT2D eigenvalue weighted by molar-refractivity contribution is 0.310. The van der Waals surface area contributed by atoms with Crippen LogP contribution in [0.15, 0.2) is 36.4 Å². The maximum absolute atomic E-state index is 14.5. The van der Waals surface area contributed by atoms with E-state index in [2.05, 4.69) is 31.2 Å². The van der Waals surface area contributed by atoms with E-state index in [1.54, 1.807) is 19.1 Å². The van der Waals surface area contributed by atoms with Crippen LogP contribution in [-0.2, 0) is 0 Å². The standard InChI is InChI=1S/C25H34F2O/c1-3-5-18-6-8-19(9-7-18)10-11-20-12-14-21(15-13-20)22-16-17-23(28-4-2)25(27)24(22)26/h6,8,10-11,16-21H,3-5,7,9,12-15H2,1-2H3. The number of allylic oxidation sites excluding steroid dienone is 4. The Bertz CT molecular complexity index is 686. The van der Waals surface area contributed by atoms with Crippen molar-refractivity contribution in [2.75, 3.05) is 6.61 Å². The van der Waals surface area contributed by atoms with Crippen molar-refractivity contribution in [3.63, 3.8) is 0 Å². The predicted molar refractivity (Wildman–Crippen MR) is 112 cm³/mol. The molecule has 2 aliphatic carbocycles. The number of hydrogen-bond donors (Lipinski definition) is 0. The van der Waals surface area contributed by atoms with Gasteiger partial charge in [0, 0.05) is 0 Å². The fourth-order valence-electron chi connectivity index (χ4n) is 4.72. The molecule has 0 heterocycles. The molecule has 3 rings (SSSR count). The molecule has 0 N–H and O–H groups in total. The monoisotopic (exact) mass is 388 g/mol. The van der Waals surface area contributed by atoms with Gasteiger partial charge in [0.05, 0.1) is 6.61 Å². The highest BCUT2D eigenvalue weighted by Crippen LogP contribution is 2.39. The molecule has 0 amide bonds. The fourth-order valence-corrected chi connectivity index (χ4v) is 4.72. The Hall–Kier alpha value is -1.64. The van der Waals surface area contributed by atoms with Gasteiger partial charge in [0.2, 0.25) is 5.82 Å². The second-order valence-corrected chi connectivity index (χ2v) is 8.39. The minimum Gasteiger partial charge on any atom is -0.491 e. The van der Waals surface area contributed by atoms with E-state index in [0.29, 0.717) is 24.0 Å². The number of ether oxygens (including phenoxy) is 1. The van der Waals surface area contributed by atoms with Gasteiger partial charge >= 0.3 is 0 Å². The summed E-state index contributed by atoms with van der Waals surface area (Å²) in [4.78, 5) is 0. The minimum absolute atomic E-state index is 0.0158. The smallest absolute Gasteiger partial charge is 0.200 e. The Labute approximate surface area is 168 Å². The number of hydrogen-bond acceptors (Lipinski definition) is 1. The van der Waals surface area contributed by atoms with E-state index in [4.69, 9.17) is 4.74 Å². The first-order valence-electron chi connectivity index (χ1n) is 11.1. The lowest BCUT2D eigenvalue weighted by atomic mass is 9.77. The highest BCUT2D eigenvalue weighted by molar-refractivity contribution is 5.33. The largest absolute Gasteiger partial charge is 0.491 e. The molecule has 1 aromatic rings. The maximum Gasteiger partial charge on any atom is 0.200 e. The summed E-state index contributed by atoms with van der Waals surface area (Å²) in [7, 11) is 0. The number of benzene rings is 1. The first-order valence-corrected chi connectivity index (χ1v) is 11.1. The number of rotatable bonds is 7. The quantitative estimate of drug-likeness (QED) is 0.438. The molecular weight excluding hydrogens is 354 g/mol. The average molecular weight is 389 g/mol. The third-order valence-electron chi connectivity index (χ3n) is 6.38. The summed E-state index contributed by atoms with van der Waals surface area (Å²) in [6, 6.07) is 3.29. The molecule has 3 heteroatoms. The summed E-state index contributed by atoms with van der Waals surface area (Å²) in [5, 5.41) is 0. The van der Waals surface area contributed by atoms with Gasteiger partial charge in [0.15, 0.2) is 11.6 Å². The van der Waals surface area contributed by atoms with Crippen molar-refractivity contribution >= 4 is 0 Å². The molecule has 0 spiro atoms. The first kappa shape index (κ1) is 21.1.